The molecule has 1 amide bonds. The number of carbonyl (C=O) groups is 1. The highest BCUT2D eigenvalue weighted by Crippen LogP contribution is 2.36. The van der Waals surface area contributed by atoms with Crippen LogP contribution in [0.2, 0.25) is 0 Å². The van der Waals surface area contributed by atoms with E-state index in [9.17, 15) is 23.1 Å². The molecule has 0 bridgehead atoms. The number of aromatic nitrogens is 2. The van der Waals surface area contributed by atoms with Crippen molar-refractivity contribution >= 4 is 6.09 Å². The molecule has 0 saturated carbocycles. The molecule has 6 nitrogen and oxygen atoms in total. The number of hydrogen-bond donors (Lipinski definition) is 1. The van der Waals surface area contributed by atoms with Crippen LogP contribution in [0.1, 0.15) is 60.4 Å². The van der Waals surface area contributed by atoms with Gasteiger partial charge in [-0.2, -0.15) is 18.2 Å². The third kappa shape index (κ3) is 5.24. The molecule has 4 rings (SSSR count). The molecule has 1 aromatic heterocycles. The van der Waals surface area contributed by atoms with Gasteiger partial charge in [0.25, 0.3) is 0 Å². The Bertz CT molecular complexity index is 1140. The molecule has 0 spiro atoms. The van der Waals surface area contributed by atoms with Gasteiger partial charge in [-0.3, -0.25) is 4.90 Å². The van der Waals surface area contributed by atoms with E-state index >= 15 is 0 Å². The summed E-state index contributed by atoms with van der Waals surface area (Å²) in [5.74, 6) is 0.106. The van der Waals surface area contributed by atoms with Crippen molar-refractivity contribution in [1.82, 2.24) is 15.0 Å². The number of aryl methyl sites for hydroxylation is 3. The minimum atomic E-state index is -4.53. The zero-order valence-corrected chi connectivity index (χ0v) is 18.8. The molecule has 1 unspecified atom stereocenters. The predicted octanol–water partition coefficient (Wildman–Crippen LogP) is 6.31. The fourth-order valence-corrected chi connectivity index (χ4v) is 4.38. The molecule has 1 aliphatic rings. The Labute approximate surface area is 195 Å². The molecular weight excluding hydrogens is 447 g/mol. The van der Waals surface area contributed by atoms with Crippen molar-refractivity contribution in [3.05, 3.63) is 70.6 Å². The fourth-order valence-electron chi connectivity index (χ4n) is 4.38. The van der Waals surface area contributed by atoms with E-state index < -0.39 is 23.9 Å². The Morgan fingerprint density at radius 3 is 2.47 bits per heavy atom. The summed E-state index contributed by atoms with van der Waals surface area (Å²) in [6.45, 7) is 2.46. The molecular formula is C25H26F3N3O3. The van der Waals surface area contributed by atoms with Gasteiger partial charge in [0.15, 0.2) is 0 Å². The van der Waals surface area contributed by atoms with E-state index in [1.807, 2.05) is 24.3 Å². The quantitative estimate of drug-likeness (QED) is 0.435. The van der Waals surface area contributed by atoms with Gasteiger partial charge in [-0.25, -0.2) is 4.79 Å². The van der Waals surface area contributed by atoms with Crippen molar-refractivity contribution in [2.75, 3.05) is 6.54 Å². The lowest BCUT2D eigenvalue weighted by atomic mass is 9.96. The Morgan fingerprint density at radius 2 is 1.82 bits per heavy atom. The Hall–Kier alpha value is -3.36. The highest BCUT2D eigenvalue weighted by Gasteiger charge is 2.36. The minimum absolute atomic E-state index is 0.0100. The van der Waals surface area contributed by atoms with Gasteiger partial charge in [-0.1, -0.05) is 54.9 Å². The SMILES string of the molecule is CCCc1ccc(CCc2ccc(-c3noc(C4CCCN4C(=O)O)n3)cc2C(F)(F)F)cc1. The second-order valence-corrected chi connectivity index (χ2v) is 8.53. The second-order valence-electron chi connectivity index (χ2n) is 8.53. The summed E-state index contributed by atoms with van der Waals surface area (Å²) >= 11 is 0. The highest BCUT2D eigenvalue weighted by molar-refractivity contribution is 5.66. The zero-order valence-electron chi connectivity index (χ0n) is 18.8. The summed E-state index contributed by atoms with van der Waals surface area (Å²) in [6.07, 6.45) is -1.68. The first-order chi connectivity index (χ1) is 16.3. The van der Waals surface area contributed by atoms with Crippen LogP contribution in [0.25, 0.3) is 11.4 Å². The third-order valence-corrected chi connectivity index (χ3v) is 6.14. The van der Waals surface area contributed by atoms with E-state index in [1.54, 1.807) is 6.07 Å². The first-order valence-corrected chi connectivity index (χ1v) is 11.4. The summed E-state index contributed by atoms with van der Waals surface area (Å²) in [7, 11) is 0. The van der Waals surface area contributed by atoms with Gasteiger partial charge >= 0.3 is 12.3 Å². The molecule has 9 heteroatoms. The van der Waals surface area contributed by atoms with Crippen LogP contribution in [0.3, 0.4) is 0 Å². The molecule has 2 heterocycles. The van der Waals surface area contributed by atoms with Crippen LogP contribution in [0.15, 0.2) is 47.0 Å². The van der Waals surface area contributed by atoms with Crippen LogP contribution >= 0.6 is 0 Å². The van der Waals surface area contributed by atoms with E-state index in [1.165, 1.54) is 16.5 Å². The van der Waals surface area contributed by atoms with E-state index in [2.05, 4.69) is 17.1 Å². The number of benzene rings is 2. The Morgan fingerprint density at radius 1 is 1.12 bits per heavy atom. The molecule has 180 valence electrons. The maximum Gasteiger partial charge on any atom is 0.416 e. The first-order valence-electron chi connectivity index (χ1n) is 11.4. The van der Waals surface area contributed by atoms with Crippen molar-refractivity contribution in [3.63, 3.8) is 0 Å². The first kappa shape index (κ1) is 23.8. The molecule has 1 saturated heterocycles. The largest absolute Gasteiger partial charge is 0.465 e. The van der Waals surface area contributed by atoms with Gasteiger partial charge in [0.1, 0.15) is 6.04 Å². The topological polar surface area (TPSA) is 79.5 Å². The van der Waals surface area contributed by atoms with Crippen molar-refractivity contribution in [2.45, 2.75) is 57.7 Å². The van der Waals surface area contributed by atoms with Crippen molar-refractivity contribution in [3.8, 4) is 11.4 Å². The summed E-state index contributed by atoms with van der Waals surface area (Å²) < 4.78 is 46.8. The van der Waals surface area contributed by atoms with Crippen LogP contribution in [0.5, 0.6) is 0 Å². The lowest BCUT2D eigenvalue weighted by Crippen LogP contribution is -2.28. The van der Waals surface area contributed by atoms with E-state index in [0.717, 1.165) is 24.5 Å². The molecule has 34 heavy (non-hydrogen) atoms. The number of nitrogens with zero attached hydrogens (tertiary/aromatic N) is 3. The van der Waals surface area contributed by atoms with E-state index in [0.29, 0.717) is 25.8 Å². The maximum atomic E-state index is 13.9. The standard InChI is InChI=1S/C25H26F3N3O3/c1-2-4-16-6-8-17(9-7-16)10-11-18-12-13-19(15-20(18)25(26,27)28)22-29-23(34-30-22)21-5-3-14-31(21)24(32)33/h6-9,12-13,15,21H,2-5,10-11,14H2,1H3,(H,32,33). The number of likely N-dealkylation sites (tertiary alicyclic amines) is 1. The normalized spacial score (nSPS) is 16.2. The Kier molecular flexibility index (Phi) is 6.90. The van der Waals surface area contributed by atoms with E-state index in [4.69, 9.17) is 4.52 Å². The lowest BCUT2D eigenvalue weighted by Gasteiger charge is -2.17. The van der Waals surface area contributed by atoms with Crippen LogP contribution in [0, 0.1) is 0 Å². The maximum absolute atomic E-state index is 13.9. The summed E-state index contributed by atoms with van der Waals surface area (Å²) in [5, 5.41) is 13.1. The molecule has 0 aliphatic carbocycles. The number of halogens is 3. The van der Waals surface area contributed by atoms with Crippen LogP contribution in [-0.2, 0) is 25.4 Å². The number of amides is 1. The summed E-state index contributed by atoms with van der Waals surface area (Å²) in [6, 6.07) is 11.5. The van der Waals surface area contributed by atoms with Crippen molar-refractivity contribution in [1.29, 1.82) is 0 Å². The van der Waals surface area contributed by atoms with Crippen molar-refractivity contribution < 1.29 is 27.6 Å². The van der Waals surface area contributed by atoms with Gasteiger partial charge in [-0.15, -0.1) is 0 Å². The predicted molar refractivity (Wildman–Crippen MR) is 119 cm³/mol. The van der Waals surface area contributed by atoms with Crippen LogP contribution in [-0.4, -0.2) is 32.8 Å². The number of hydrogen-bond acceptors (Lipinski definition) is 4. The second kappa shape index (κ2) is 9.87. The zero-order chi connectivity index (χ0) is 24.3. The van der Waals surface area contributed by atoms with Gasteiger partial charge < -0.3 is 9.63 Å². The number of rotatable bonds is 7. The number of carboxylic acid groups (broad SMARTS) is 1. The highest BCUT2D eigenvalue weighted by atomic mass is 19.4. The van der Waals surface area contributed by atoms with Gasteiger partial charge in [0.2, 0.25) is 11.7 Å². The molecule has 3 aromatic rings. The molecule has 1 aliphatic heterocycles. The summed E-state index contributed by atoms with van der Waals surface area (Å²) in [4.78, 5) is 16.8. The Balaban J connectivity index is 1.54. The smallest absolute Gasteiger partial charge is 0.416 e. The molecule has 1 fully saturated rings. The fraction of sp³-hybridized carbons (Fsp3) is 0.400. The molecule has 0 radical (unpaired) electrons. The summed E-state index contributed by atoms with van der Waals surface area (Å²) in [5.41, 5.74) is 1.85. The van der Waals surface area contributed by atoms with Gasteiger partial charge in [0, 0.05) is 12.1 Å². The molecule has 2 aromatic carbocycles. The number of alkyl halides is 3. The van der Waals surface area contributed by atoms with Gasteiger partial charge in [0.05, 0.1) is 5.56 Å². The molecule has 1 atom stereocenters. The van der Waals surface area contributed by atoms with Crippen LogP contribution in [0.4, 0.5) is 18.0 Å². The monoisotopic (exact) mass is 473 g/mol. The van der Waals surface area contributed by atoms with Crippen molar-refractivity contribution in [2.24, 2.45) is 0 Å². The van der Waals surface area contributed by atoms with Crippen LogP contribution < -0.4 is 0 Å². The van der Waals surface area contributed by atoms with Gasteiger partial charge in [-0.05, 0) is 54.9 Å². The molecule has 1 N–H and O–H groups in total. The minimum Gasteiger partial charge on any atom is -0.465 e. The lowest BCUT2D eigenvalue weighted by molar-refractivity contribution is -0.138. The van der Waals surface area contributed by atoms with E-state index in [-0.39, 0.29) is 29.3 Å². The average Bonchev–Trinajstić information content (AvgIpc) is 3.48. The average molecular weight is 473 g/mol. The third-order valence-electron chi connectivity index (χ3n) is 6.14.